The van der Waals surface area contributed by atoms with Gasteiger partial charge in [-0.25, -0.2) is 0 Å². The van der Waals surface area contributed by atoms with Gasteiger partial charge in [0.2, 0.25) is 0 Å². The van der Waals surface area contributed by atoms with Crippen molar-refractivity contribution in [1.82, 2.24) is 4.98 Å². The second-order valence-corrected chi connectivity index (χ2v) is 5.73. The molecule has 5 nitrogen and oxygen atoms in total. The van der Waals surface area contributed by atoms with Gasteiger partial charge in [0.1, 0.15) is 5.75 Å². The molecule has 0 spiro atoms. The molecule has 0 saturated heterocycles. The Morgan fingerprint density at radius 3 is 2.67 bits per heavy atom. The third-order valence-electron chi connectivity index (χ3n) is 4.46. The van der Waals surface area contributed by atoms with Gasteiger partial charge in [-0.2, -0.15) is 0 Å². The van der Waals surface area contributed by atoms with Gasteiger partial charge in [0.05, 0.1) is 7.11 Å². The summed E-state index contributed by atoms with van der Waals surface area (Å²) in [6.07, 6.45) is 1.85. The number of hydrogen-bond acceptors (Lipinski definition) is 4. The molecule has 2 aromatic carbocycles. The molecule has 0 bridgehead atoms. The summed E-state index contributed by atoms with van der Waals surface area (Å²) in [7, 11) is 1.28. The maximum atomic E-state index is 12.5. The van der Waals surface area contributed by atoms with Gasteiger partial charge in [0.15, 0.2) is 5.92 Å². The van der Waals surface area contributed by atoms with Crippen molar-refractivity contribution in [2.75, 3.05) is 7.11 Å². The van der Waals surface area contributed by atoms with E-state index in [2.05, 4.69) is 4.98 Å². The van der Waals surface area contributed by atoms with Crippen molar-refractivity contribution >= 4 is 22.8 Å². The second kappa shape index (κ2) is 5.53. The highest BCUT2D eigenvalue weighted by atomic mass is 16.6. The van der Waals surface area contributed by atoms with Gasteiger partial charge in [0, 0.05) is 28.6 Å². The molecular formula is C19H15NO4. The number of benzene rings is 2. The first-order valence-corrected chi connectivity index (χ1v) is 7.65. The molecule has 0 fully saturated rings. The van der Waals surface area contributed by atoms with Crippen LogP contribution in [0.5, 0.6) is 5.75 Å². The van der Waals surface area contributed by atoms with Crippen LogP contribution in [0.1, 0.15) is 17.0 Å². The SMILES string of the molecule is COC(=O)[C@@H]1C(=O)Oc2ccccc2[C@H]1c1c[nH]c2ccccc12. The number of nitrogens with one attached hydrogen (secondary N) is 1. The van der Waals surface area contributed by atoms with Crippen LogP contribution in [0.4, 0.5) is 0 Å². The highest BCUT2D eigenvalue weighted by Crippen LogP contribution is 2.44. The minimum atomic E-state index is -1.02. The van der Waals surface area contributed by atoms with Crippen LogP contribution >= 0.6 is 0 Å². The lowest BCUT2D eigenvalue weighted by Crippen LogP contribution is -2.38. The summed E-state index contributed by atoms with van der Waals surface area (Å²) in [5.74, 6) is -2.17. The number of para-hydroxylation sites is 2. The van der Waals surface area contributed by atoms with Crippen molar-refractivity contribution in [3.8, 4) is 5.75 Å². The van der Waals surface area contributed by atoms with E-state index in [1.165, 1.54) is 7.11 Å². The molecule has 0 amide bonds. The zero-order valence-electron chi connectivity index (χ0n) is 13.0. The average molecular weight is 321 g/mol. The highest BCUT2D eigenvalue weighted by Gasteiger charge is 2.45. The minimum Gasteiger partial charge on any atom is -0.468 e. The van der Waals surface area contributed by atoms with Crippen molar-refractivity contribution in [1.29, 1.82) is 0 Å². The molecule has 3 aromatic rings. The zero-order chi connectivity index (χ0) is 16.7. The maximum absolute atomic E-state index is 12.5. The Morgan fingerprint density at radius 2 is 1.83 bits per heavy atom. The van der Waals surface area contributed by atoms with Crippen LogP contribution in [-0.2, 0) is 14.3 Å². The number of rotatable bonds is 2. The predicted molar refractivity (Wildman–Crippen MR) is 87.7 cm³/mol. The van der Waals surface area contributed by atoms with Crippen LogP contribution in [0.3, 0.4) is 0 Å². The second-order valence-electron chi connectivity index (χ2n) is 5.73. The zero-order valence-corrected chi connectivity index (χ0v) is 13.0. The molecule has 2 atom stereocenters. The molecule has 120 valence electrons. The number of methoxy groups -OCH3 is 1. The van der Waals surface area contributed by atoms with Gasteiger partial charge in [-0.3, -0.25) is 9.59 Å². The number of carbonyl (C=O) groups excluding carboxylic acids is 2. The summed E-state index contributed by atoms with van der Waals surface area (Å²) in [4.78, 5) is 28.0. The number of carbonyl (C=O) groups is 2. The normalized spacial score (nSPS) is 19.6. The monoisotopic (exact) mass is 321 g/mol. The first-order chi connectivity index (χ1) is 11.7. The Kier molecular flexibility index (Phi) is 3.34. The lowest BCUT2D eigenvalue weighted by atomic mass is 9.78. The van der Waals surface area contributed by atoms with E-state index in [1.54, 1.807) is 12.1 Å². The summed E-state index contributed by atoms with van der Waals surface area (Å²) in [5.41, 5.74) is 2.63. The lowest BCUT2D eigenvalue weighted by Gasteiger charge is -2.30. The van der Waals surface area contributed by atoms with Crippen LogP contribution in [0, 0.1) is 5.92 Å². The number of ether oxygens (including phenoxy) is 2. The van der Waals surface area contributed by atoms with Gasteiger partial charge in [0.25, 0.3) is 0 Å². The molecule has 24 heavy (non-hydrogen) atoms. The summed E-state index contributed by atoms with van der Waals surface area (Å²) < 4.78 is 10.2. The molecule has 0 aliphatic carbocycles. The lowest BCUT2D eigenvalue weighted by molar-refractivity contribution is -0.157. The summed E-state index contributed by atoms with van der Waals surface area (Å²) in [6.45, 7) is 0. The molecule has 2 heterocycles. The van der Waals surface area contributed by atoms with E-state index < -0.39 is 23.8 Å². The smallest absolute Gasteiger partial charge is 0.326 e. The Hall–Kier alpha value is -3.08. The molecule has 1 N–H and O–H groups in total. The van der Waals surface area contributed by atoms with Crippen molar-refractivity contribution in [3.05, 3.63) is 65.9 Å². The fourth-order valence-electron chi connectivity index (χ4n) is 3.38. The molecule has 0 saturated carbocycles. The third-order valence-corrected chi connectivity index (χ3v) is 4.46. The fraction of sp³-hybridized carbons (Fsp3) is 0.158. The maximum Gasteiger partial charge on any atom is 0.326 e. The van der Waals surface area contributed by atoms with Gasteiger partial charge in [-0.15, -0.1) is 0 Å². The first kappa shape index (κ1) is 14.5. The van der Waals surface area contributed by atoms with Gasteiger partial charge in [-0.05, 0) is 17.7 Å². The molecule has 1 aliphatic heterocycles. The summed E-state index contributed by atoms with van der Waals surface area (Å²) in [5, 5.41) is 0.973. The van der Waals surface area contributed by atoms with Crippen LogP contribution < -0.4 is 4.74 Å². The number of hydrogen-bond donors (Lipinski definition) is 1. The van der Waals surface area contributed by atoms with Crippen LogP contribution in [0.15, 0.2) is 54.7 Å². The number of H-pyrrole nitrogens is 1. The Balaban J connectivity index is 1.97. The van der Waals surface area contributed by atoms with Gasteiger partial charge < -0.3 is 14.5 Å². The van der Waals surface area contributed by atoms with E-state index in [-0.39, 0.29) is 0 Å². The quantitative estimate of drug-likeness (QED) is 0.447. The van der Waals surface area contributed by atoms with Crippen LogP contribution in [0.25, 0.3) is 10.9 Å². The number of fused-ring (bicyclic) bond motifs is 2. The molecule has 0 unspecified atom stereocenters. The van der Waals surface area contributed by atoms with Crippen molar-refractivity contribution in [2.24, 2.45) is 5.92 Å². The molecule has 0 radical (unpaired) electrons. The van der Waals surface area contributed by atoms with Gasteiger partial charge >= 0.3 is 11.9 Å². The van der Waals surface area contributed by atoms with Crippen molar-refractivity contribution in [2.45, 2.75) is 5.92 Å². The fourth-order valence-corrected chi connectivity index (χ4v) is 3.38. The van der Waals surface area contributed by atoms with Crippen molar-refractivity contribution < 1.29 is 19.1 Å². The number of esters is 2. The highest BCUT2D eigenvalue weighted by molar-refractivity contribution is 6.00. The number of aromatic amines is 1. The van der Waals surface area contributed by atoms with Crippen LogP contribution in [-0.4, -0.2) is 24.0 Å². The largest absolute Gasteiger partial charge is 0.468 e. The van der Waals surface area contributed by atoms with E-state index in [0.717, 1.165) is 22.0 Å². The Labute approximate surface area is 138 Å². The standard InChI is InChI=1S/C19H15NO4/c1-23-18(21)17-16(12-7-3-5-9-15(12)24-19(17)22)13-10-20-14-8-4-2-6-11(13)14/h2-10,16-17,20H,1H3/t16-,17+/m0/s1. The summed E-state index contributed by atoms with van der Waals surface area (Å²) in [6, 6.07) is 15.1. The molecular weight excluding hydrogens is 306 g/mol. The average Bonchev–Trinajstić information content (AvgIpc) is 3.03. The topological polar surface area (TPSA) is 68.4 Å². The van der Waals surface area contributed by atoms with Gasteiger partial charge in [-0.1, -0.05) is 36.4 Å². The predicted octanol–water partition coefficient (Wildman–Crippen LogP) is 3.01. The first-order valence-electron chi connectivity index (χ1n) is 7.65. The van der Waals surface area contributed by atoms with E-state index in [0.29, 0.717) is 5.75 Å². The molecule has 4 rings (SSSR count). The number of aromatic nitrogens is 1. The van der Waals surface area contributed by atoms with E-state index >= 15 is 0 Å². The summed E-state index contributed by atoms with van der Waals surface area (Å²) >= 11 is 0. The molecule has 1 aliphatic rings. The third kappa shape index (κ3) is 2.09. The molecule has 1 aromatic heterocycles. The Morgan fingerprint density at radius 1 is 1.08 bits per heavy atom. The Bertz CT molecular complexity index is 943. The van der Waals surface area contributed by atoms with E-state index in [4.69, 9.17) is 9.47 Å². The minimum absolute atomic E-state index is 0.453. The molecule has 5 heteroatoms. The van der Waals surface area contributed by atoms with E-state index in [1.807, 2.05) is 42.6 Å². The van der Waals surface area contributed by atoms with E-state index in [9.17, 15) is 9.59 Å². The van der Waals surface area contributed by atoms with Crippen LogP contribution in [0.2, 0.25) is 0 Å². The van der Waals surface area contributed by atoms with Crippen molar-refractivity contribution in [3.63, 3.8) is 0 Å².